The number of ether oxygens (including phenoxy) is 1. The van der Waals surface area contributed by atoms with Gasteiger partial charge in [-0.15, -0.1) is 0 Å². The van der Waals surface area contributed by atoms with Crippen molar-refractivity contribution in [2.75, 3.05) is 23.1 Å². The molecule has 6 rings (SSSR count). The van der Waals surface area contributed by atoms with Gasteiger partial charge in [-0.25, -0.2) is 32.5 Å². The fourth-order valence-corrected chi connectivity index (χ4v) is 5.80. The maximum Gasteiger partial charge on any atom is 0.255 e. The van der Waals surface area contributed by atoms with Crippen LogP contribution in [0.25, 0.3) is 11.3 Å². The first-order valence-electron chi connectivity index (χ1n) is 13.2. The Morgan fingerprint density at radius 2 is 1.81 bits per heavy atom. The highest BCUT2D eigenvalue weighted by atomic mass is 32.2. The second-order valence-corrected chi connectivity index (χ2v) is 11.1. The van der Waals surface area contributed by atoms with Crippen LogP contribution in [0.5, 0.6) is 11.6 Å². The molecule has 3 heterocycles. The molecule has 42 heavy (non-hydrogen) atoms. The highest BCUT2D eigenvalue weighted by Crippen LogP contribution is 2.63. The number of nitrogens with one attached hydrogen (secondary N) is 3. The number of rotatable bonds is 9. The molecule has 2 aromatic heterocycles. The number of hydrogen-bond acceptors (Lipinski definition) is 8. The van der Waals surface area contributed by atoms with Crippen LogP contribution in [0.2, 0.25) is 0 Å². The molecular formula is C29H25F5N6OS. The van der Waals surface area contributed by atoms with E-state index in [1.807, 2.05) is 30.3 Å². The van der Waals surface area contributed by atoms with Gasteiger partial charge in [-0.05, 0) is 42.1 Å². The highest BCUT2D eigenvalue weighted by molar-refractivity contribution is 7.99. The van der Waals surface area contributed by atoms with Crippen molar-refractivity contribution in [3.63, 3.8) is 0 Å². The van der Waals surface area contributed by atoms with Crippen LogP contribution in [0.4, 0.5) is 33.6 Å². The van der Waals surface area contributed by atoms with Crippen molar-refractivity contribution in [3.05, 3.63) is 90.0 Å². The topological polar surface area (TPSA) is 84.0 Å². The Balaban J connectivity index is 1.18. The van der Waals surface area contributed by atoms with Gasteiger partial charge in [-0.2, -0.15) is 4.39 Å². The van der Waals surface area contributed by atoms with Crippen molar-refractivity contribution < 1.29 is 26.7 Å². The molecule has 1 aliphatic carbocycles. The number of pyridine rings is 1. The number of benzene rings is 2. The second-order valence-electron chi connectivity index (χ2n) is 10.3. The van der Waals surface area contributed by atoms with Gasteiger partial charge in [-0.3, -0.25) is 0 Å². The van der Waals surface area contributed by atoms with Gasteiger partial charge in [0.25, 0.3) is 5.92 Å². The van der Waals surface area contributed by atoms with E-state index in [0.717, 1.165) is 23.6 Å². The van der Waals surface area contributed by atoms with Gasteiger partial charge in [0.05, 0.1) is 16.7 Å². The minimum atomic E-state index is -2.69. The summed E-state index contributed by atoms with van der Waals surface area (Å²) < 4.78 is 80.7. The molecule has 218 valence electrons. The Hall–Kier alpha value is -3.97. The average Bonchev–Trinajstić information content (AvgIpc) is 3.51. The number of aromatic nitrogens is 3. The fourth-order valence-electron chi connectivity index (χ4n) is 5.04. The molecule has 1 aliphatic heterocycles. The summed E-state index contributed by atoms with van der Waals surface area (Å²) in [5.41, 5.74) is -0.133. The Kier molecular flexibility index (Phi) is 7.62. The fraction of sp³-hybridized carbons (Fsp3) is 0.276. The molecule has 1 saturated heterocycles. The van der Waals surface area contributed by atoms with Crippen LogP contribution in [0.15, 0.2) is 67.0 Å². The van der Waals surface area contributed by atoms with Crippen molar-refractivity contribution in [2.24, 2.45) is 5.41 Å². The molecule has 0 amide bonds. The van der Waals surface area contributed by atoms with Gasteiger partial charge in [-0.1, -0.05) is 30.3 Å². The number of anilines is 2. The van der Waals surface area contributed by atoms with Crippen LogP contribution in [-0.4, -0.2) is 40.0 Å². The normalized spacial score (nSPS) is 20.7. The lowest BCUT2D eigenvalue weighted by molar-refractivity contribution is 0.0515. The number of hydrogen-bond donors (Lipinski definition) is 3. The first-order valence-corrected chi connectivity index (χ1v) is 14.1. The maximum atomic E-state index is 15.0. The van der Waals surface area contributed by atoms with Crippen molar-refractivity contribution in [1.29, 1.82) is 0 Å². The zero-order chi connectivity index (χ0) is 29.3. The third-order valence-corrected chi connectivity index (χ3v) is 8.15. The molecule has 0 bridgehead atoms. The molecule has 2 unspecified atom stereocenters. The molecule has 3 N–H and O–H groups in total. The Bertz CT molecular complexity index is 1600. The minimum absolute atomic E-state index is 0.144. The number of nitrogens with zero attached hydrogens (tertiary/aromatic N) is 3. The Morgan fingerprint density at radius 1 is 1.00 bits per heavy atom. The lowest BCUT2D eigenvalue weighted by Crippen LogP contribution is -2.46. The van der Waals surface area contributed by atoms with Gasteiger partial charge in [0, 0.05) is 49.8 Å². The summed E-state index contributed by atoms with van der Waals surface area (Å²) in [5.74, 6) is -6.80. The standard InChI is InChI=1S/C29H25F5N6OS/c30-20-11-22(23(31)24(32)25(20)40-42-14-17-5-2-1-3-6-17)41-26-19(7-4-9-36-26)21-8-10-37-27(39-21)38-18-12-28(16-35-13-18)15-29(28,33)34/h1-11,18,35,40H,12-16H2,(H,37,38,39). The summed E-state index contributed by atoms with van der Waals surface area (Å²) in [6.07, 6.45) is 2.97. The zero-order valence-corrected chi connectivity index (χ0v) is 22.8. The van der Waals surface area contributed by atoms with E-state index in [2.05, 4.69) is 30.3 Å². The van der Waals surface area contributed by atoms with Gasteiger partial charge in [0.1, 0.15) is 5.69 Å². The van der Waals surface area contributed by atoms with Crippen LogP contribution >= 0.6 is 11.9 Å². The molecule has 2 fully saturated rings. The molecule has 2 atom stereocenters. The summed E-state index contributed by atoms with van der Waals surface area (Å²) in [5, 5.41) is 6.16. The van der Waals surface area contributed by atoms with E-state index in [1.165, 1.54) is 12.4 Å². The van der Waals surface area contributed by atoms with E-state index in [9.17, 15) is 17.6 Å². The predicted molar refractivity (Wildman–Crippen MR) is 150 cm³/mol. The van der Waals surface area contributed by atoms with E-state index in [4.69, 9.17) is 4.74 Å². The van der Waals surface area contributed by atoms with Gasteiger partial charge in [0.15, 0.2) is 17.4 Å². The minimum Gasteiger partial charge on any atom is -0.435 e. The first kappa shape index (κ1) is 28.2. The lowest BCUT2D eigenvalue weighted by atomic mass is 9.92. The average molecular weight is 601 g/mol. The third-order valence-electron chi connectivity index (χ3n) is 7.33. The molecule has 0 radical (unpaired) electrons. The molecule has 4 aromatic rings. The van der Waals surface area contributed by atoms with Crippen molar-refractivity contribution in [1.82, 2.24) is 20.3 Å². The summed E-state index contributed by atoms with van der Waals surface area (Å²) in [6.45, 7) is 0.732. The molecular weight excluding hydrogens is 575 g/mol. The SMILES string of the molecule is Fc1cc(Oc2ncccc2-c2ccnc(NC3CNCC4(C3)CC4(F)F)n2)c(F)c(F)c1NSCc1ccccc1. The van der Waals surface area contributed by atoms with Gasteiger partial charge >= 0.3 is 0 Å². The molecule has 2 aliphatic rings. The zero-order valence-electron chi connectivity index (χ0n) is 22.0. The molecule has 1 saturated carbocycles. The summed E-state index contributed by atoms with van der Waals surface area (Å²) in [4.78, 5) is 12.8. The predicted octanol–water partition coefficient (Wildman–Crippen LogP) is 6.81. The first-order chi connectivity index (χ1) is 20.2. The Morgan fingerprint density at radius 3 is 2.60 bits per heavy atom. The van der Waals surface area contributed by atoms with Crippen molar-refractivity contribution >= 4 is 23.6 Å². The van der Waals surface area contributed by atoms with Crippen LogP contribution in [0.1, 0.15) is 18.4 Å². The quantitative estimate of drug-likeness (QED) is 0.110. The molecule has 1 spiro atoms. The molecule has 13 heteroatoms. The van der Waals surface area contributed by atoms with Crippen molar-refractivity contribution in [2.45, 2.75) is 30.6 Å². The lowest BCUT2D eigenvalue weighted by Gasteiger charge is -2.30. The van der Waals surface area contributed by atoms with Crippen molar-refractivity contribution in [3.8, 4) is 22.9 Å². The monoisotopic (exact) mass is 600 g/mol. The third kappa shape index (κ3) is 5.71. The van der Waals surface area contributed by atoms with Crippen LogP contribution in [-0.2, 0) is 5.75 Å². The summed E-state index contributed by atoms with van der Waals surface area (Å²) in [6, 6.07) is 14.4. The highest BCUT2D eigenvalue weighted by Gasteiger charge is 2.71. The van der Waals surface area contributed by atoms with E-state index in [0.29, 0.717) is 23.6 Å². The van der Waals surface area contributed by atoms with Gasteiger partial charge < -0.3 is 20.1 Å². The van der Waals surface area contributed by atoms with E-state index in [-0.39, 0.29) is 37.3 Å². The summed E-state index contributed by atoms with van der Waals surface area (Å²) >= 11 is 1.01. The van der Waals surface area contributed by atoms with Crippen LogP contribution in [0.3, 0.4) is 0 Å². The second kappa shape index (κ2) is 11.4. The van der Waals surface area contributed by atoms with E-state index >= 15 is 4.39 Å². The van der Waals surface area contributed by atoms with Crippen LogP contribution in [0, 0.1) is 22.9 Å². The molecule has 2 aromatic carbocycles. The Labute approximate surface area is 242 Å². The van der Waals surface area contributed by atoms with Crippen LogP contribution < -0.4 is 20.1 Å². The van der Waals surface area contributed by atoms with E-state index in [1.54, 1.807) is 18.2 Å². The largest absolute Gasteiger partial charge is 0.435 e. The number of halogens is 5. The smallest absolute Gasteiger partial charge is 0.255 e. The maximum absolute atomic E-state index is 15.0. The van der Waals surface area contributed by atoms with Gasteiger partial charge in [0.2, 0.25) is 17.6 Å². The number of alkyl halides is 2. The molecule has 7 nitrogen and oxygen atoms in total. The summed E-state index contributed by atoms with van der Waals surface area (Å²) in [7, 11) is 0. The number of piperidine rings is 1. The van der Waals surface area contributed by atoms with E-state index < -0.39 is 40.2 Å².